The molecule has 1 saturated heterocycles. The van der Waals surface area contributed by atoms with Crippen LogP contribution in [-0.4, -0.2) is 41.1 Å². The molecular weight excluding hydrogens is 252 g/mol. The van der Waals surface area contributed by atoms with Crippen molar-refractivity contribution in [3.8, 4) is 17.5 Å². The molecule has 1 aliphatic heterocycles. The molecule has 3 rings (SSSR count). The Bertz CT molecular complexity index is 628. The van der Waals surface area contributed by atoms with E-state index in [0.717, 1.165) is 31.7 Å². The second-order valence-corrected chi connectivity index (χ2v) is 4.52. The molecule has 2 aromatic rings. The van der Waals surface area contributed by atoms with E-state index in [2.05, 4.69) is 31.2 Å². The maximum absolute atomic E-state index is 9.23. The normalized spacial score (nSPS) is 14.8. The van der Waals surface area contributed by atoms with E-state index in [4.69, 9.17) is 0 Å². The highest BCUT2D eigenvalue weighted by Gasteiger charge is 2.17. The lowest BCUT2D eigenvalue weighted by Gasteiger charge is -2.29. The van der Waals surface area contributed by atoms with Gasteiger partial charge in [0, 0.05) is 44.1 Å². The second-order valence-electron chi connectivity index (χ2n) is 4.52. The first-order chi connectivity index (χ1) is 9.88. The Morgan fingerprint density at radius 3 is 2.80 bits per heavy atom. The molecule has 6 nitrogen and oxygen atoms in total. The predicted molar refractivity (Wildman–Crippen MR) is 75.1 cm³/mol. The Balaban J connectivity index is 2.01. The number of hydrogen-bond acceptors (Lipinski definition) is 6. The third-order valence-electron chi connectivity index (χ3n) is 3.23. The lowest BCUT2D eigenvalue weighted by atomic mass is 10.2. The van der Waals surface area contributed by atoms with Gasteiger partial charge in [-0.25, -0.2) is 9.97 Å². The summed E-state index contributed by atoms with van der Waals surface area (Å²) < 4.78 is 0. The van der Waals surface area contributed by atoms with E-state index < -0.39 is 0 Å². The Morgan fingerprint density at radius 2 is 2.10 bits per heavy atom. The molecule has 0 bridgehead atoms. The Morgan fingerprint density at radius 1 is 1.25 bits per heavy atom. The van der Waals surface area contributed by atoms with Crippen molar-refractivity contribution in [1.29, 1.82) is 5.26 Å². The van der Waals surface area contributed by atoms with Crippen LogP contribution in [-0.2, 0) is 0 Å². The Labute approximate surface area is 117 Å². The van der Waals surface area contributed by atoms with Gasteiger partial charge in [0.25, 0.3) is 0 Å². The first-order valence-electron chi connectivity index (χ1n) is 6.51. The number of nitrogens with zero attached hydrogens (tertiary/aromatic N) is 5. The van der Waals surface area contributed by atoms with Gasteiger partial charge < -0.3 is 10.2 Å². The van der Waals surface area contributed by atoms with Gasteiger partial charge >= 0.3 is 0 Å². The SMILES string of the molecule is N#Cc1cnc(-c2cccnc2)nc1N1CCNCC1. The molecule has 100 valence electrons. The number of piperazine rings is 1. The van der Waals surface area contributed by atoms with Gasteiger partial charge in [-0.05, 0) is 12.1 Å². The number of nitrogens with one attached hydrogen (secondary N) is 1. The summed E-state index contributed by atoms with van der Waals surface area (Å²) >= 11 is 0. The van der Waals surface area contributed by atoms with Gasteiger partial charge in [0.2, 0.25) is 0 Å². The molecule has 20 heavy (non-hydrogen) atoms. The molecule has 1 aliphatic rings. The summed E-state index contributed by atoms with van der Waals surface area (Å²) in [5.74, 6) is 1.31. The van der Waals surface area contributed by atoms with Crippen LogP contribution < -0.4 is 10.2 Å². The van der Waals surface area contributed by atoms with Crippen molar-refractivity contribution in [2.24, 2.45) is 0 Å². The zero-order valence-electron chi connectivity index (χ0n) is 11.0. The molecule has 0 aromatic carbocycles. The third kappa shape index (κ3) is 2.44. The number of anilines is 1. The predicted octanol–water partition coefficient (Wildman–Crippen LogP) is 0.820. The van der Waals surface area contributed by atoms with Gasteiger partial charge in [0.1, 0.15) is 11.6 Å². The first-order valence-corrected chi connectivity index (χ1v) is 6.51. The van der Waals surface area contributed by atoms with Crippen LogP contribution in [0.5, 0.6) is 0 Å². The van der Waals surface area contributed by atoms with Crippen LogP contribution in [0.1, 0.15) is 5.56 Å². The van der Waals surface area contributed by atoms with Crippen molar-refractivity contribution in [2.75, 3.05) is 31.1 Å². The van der Waals surface area contributed by atoms with E-state index in [9.17, 15) is 5.26 Å². The monoisotopic (exact) mass is 266 g/mol. The summed E-state index contributed by atoms with van der Waals surface area (Å²) in [6.45, 7) is 3.49. The van der Waals surface area contributed by atoms with E-state index in [-0.39, 0.29) is 0 Å². The van der Waals surface area contributed by atoms with Gasteiger partial charge in [-0.3, -0.25) is 4.98 Å². The molecule has 1 fully saturated rings. The molecule has 2 aromatic heterocycles. The lowest BCUT2D eigenvalue weighted by Crippen LogP contribution is -2.44. The maximum Gasteiger partial charge on any atom is 0.163 e. The topological polar surface area (TPSA) is 77.7 Å². The molecule has 0 aliphatic carbocycles. The zero-order chi connectivity index (χ0) is 13.8. The summed E-state index contributed by atoms with van der Waals surface area (Å²) in [6.07, 6.45) is 5.03. The molecule has 6 heteroatoms. The van der Waals surface area contributed by atoms with E-state index in [1.54, 1.807) is 18.6 Å². The highest BCUT2D eigenvalue weighted by atomic mass is 15.2. The Hall–Kier alpha value is -2.52. The average molecular weight is 266 g/mol. The van der Waals surface area contributed by atoms with Crippen molar-refractivity contribution < 1.29 is 0 Å². The van der Waals surface area contributed by atoms with Gasteiger partial charge in [0.15, 0.2) is 11.6 Å². The van der Waals surface area contributed by atoms with E-state index in [0.29, 0.717) is 17.2 Å². The van der Waals surface area contributed by atoms with Crippen LogP contribution in [0.25, 0.3) is 11.4 Å². The van der Waals surface area contributed by atoms with Crippen LogP contribution in [0.2, 0.25) is 0 Å². The maximum atomic E-state index is 9.23. The van der Waals surface area contributed by atoms with Crippen molar-refractivity contribution in [3.05, 3.63) is 36.3 Å². The molecule has 0 radical (unpaired) electrons. The zero-order valence-corrected chi connectivity index (χ0v) is 11.0. The van der Waals surface area contributed by atoms with Gasteiger partial charge in [-0.1, -0.05) is 0 Å². The number of hydrogen-bond donors (Lipinski definition) is 1. The highest BCUT2D eigenvalue weighted by molar-refractivity contribution is 5.60. The fourth-order valence-corrected chi connectivity index (χ4v) is 2.20. The van der Waals surface area contributed by atoms with E-state index >= 15 is 0 Å². The molecule has 0 unspecified atom stereocenters. The molecule has 1 N–H and O–H groups in total. The quantitative estimate of drug-likeness (QED) is 0.867. The van der Waals surface area contributed by atoms with Gasteiger partial charge in [-0.15, -0.1) is 0 Å². The van der Waals surface area contributed by atoms with Crippen LogP contribution >= 0.6 is 0 Å². The molecular formula is C14H14N6. The third-order valence-corrected chi connectivity index (χ3v) is 3.23. The summed E-state index contributed by atoms with van der Waals surface area (Å²) in [7, 11) is 0. The van der Waals surface area contributed by atoms with Crippen LogP contribution in [0, 0.1) is 11.3 Å². The number of rotatable bonds is 2. The number of pyridine rings is 1. The second kappa shape index (κ2) is 5.63. The fraction of sp³-hybridized carbons (Fsp3) is 0.286. The van der Waals surface area contributed by atoms with Crippen LogP contribution in [0.15, 0.2) is 30.7 Å². The fourth-order valence-electron chi connectivity index (χ4n) is 2.20. The van der Waals surface area contributed by atoms with Crippen molar-refractivity contribution in [3.63, 3.8) is 0 Å². The number of aromatic nitrogens is 3. The summed E-state index contributed by atoms with van der Waals surface area (Å²) in [5.41, 5.74) is 1.37. The Kier molecular flexibility index (Phi) is 3.52. The molecule has 3 heterocycles. The first kappa shape index (κ1) is 12.5. The number of nitriles is 1. The minimum atomic E-state index is 0.513. The lowest BCUT2D eigenvalue weighted by molar-refractivity contribution is 0.584. The highest BCUT2D eigenvalue weighted by Crippen LogP contribution is 2.21. The molecule has 0 atom stereocenters. The van der Waals surface area contributed by atoms with E-state index in [1.807, 2.05) is 12.1 Å². The van der Waals surface area contributed by atoms with Gasteiger partial charge in [-0.2, -0.15) is 5.26 Å². The smallest absolute Gasteiger partial charge is 0.163 e. The van der Waals surface area contributed by atoms with Crippen molar-refractivity contribution in [2.45, 2.75) is 0 Å². The van der Waals surface area contributed by atoms with Crippen LogP contribution in [0.3, 0.4) is 0 Å². The minimum absolute atomic E-state index is 0.513. The molecule has 0 spiro atoms. The summed E-state index contributed by atoms with van der Waals surface area (Å²) in [6, 6.07) is 5.93. The van der Waals surface area contributed by atoms with Crippen molar-refractivity contribution >= 4 is 5.82 Å². The van der Waals surface area contributed by atoms with E-state index in [1.165, 1.54) is 0 Å². The molecule has 0 amide bonds. The van der Waals surface area contributed by atoms with Gasteiger partial charge in [0.05, 0.1) is 6.20 Å². The standard InChI is InChI=1S/C14H14N6/c15-8-12-10-18-13(11-2-1-3-17-9-11)19-14(12)20-6-4-16-5-7-20/h1-3,9-10,16H,4-7H2. The minimum Gasteiger partial charge on any atom is -0.353 e. The largest absolute Gasteiger partial charge is 0.353 e. The summed E-state index contributed by atoms with van der Waals surface area (Å²) in [5, 5.41) is 12.5. The summed E-state index contributed by atoms with van der Waals surface area (Å²) in [4.78, 5) is 15.0. The average Bonchev–Trinajstić information content (AvgIpc) is 2.56. The molecule has 0 saturated carbocycles. The van der Waals surface area contributed by atoms with Crippen LogP contribution in [0.4, 0.5) is 5.82 Å². The van der Waals surface area contributed by atoms with Crippen molar-refractivity contribution in [1.82, 2.24) is 20.3 Å².